The molecule has 1 amide bonds. The number of nitrogens with zero attached hydrogens (tertiary/aromatic N) is 2. The Hall–Kier alpha value is -2.97. The number of nitrogens with one attached hydrogen (secondary N) is 2. The zero-order valence-electron chi connectivity index (χ0n) is 16.9. The topological polar surface area (TPSA) is 93.1 Å². The molecule has 0 aliphatic heterocycles. The summed E-state index contributed by atoms with van der Waals surface area (Å²) in [6.45, 7) is 6.95. The average molecular weight is 413 g/mol. The van der Waals surface area contributed by atoms with Crippen molar-refractivity contribution < 1.29 is 13.2 Å². The lowest BCUT2D eigenvalue weighted by Crippen LogP contribution is -2.33. The SMILES string of the molecule is Cc1cc(C)c(C)c(S(=O)(=O)NCC(=O)Nc2ccc(-n3cccn3)cc2)c1C. The standard InChI is InChI=1S/C21H24N4O3S/c1-14-12-15(2)17(4)21(16(14)3)29(27,28)23-13-20(26)24-18-6-8-19(9-7-18)25-11-5-10-22-25/h5-12,23H,13H2,1-4H3,(H,24,26). The smallest absolute Gasteiger partial charge is 0.241 e. The number of sulfonamides is 1. The van der Waals surface area contributed by atoms with Crippen molar-refractivity contribution in [2.75, 3.05) is 11.9 Å². The summed E-state index contributed by atoms with van der Waals surface area (Å²) < 4.78 is 29.7. The van der Waals surface area contributed by atoms with Crippen molar-refractivity contribution in [1.82, 2.24) is 14.5 Å². The van der Waals surface area contributed by atoms with E-state index in [1.54, 1.807) is 36.9 Å². The zero-order valence-corrected chi connectivity index (χ0v) is 17.7. The first-order valence-corrected chi connectivity index (χ1v) is 10.6. The third kappa shape index (κ3) is 4.55. The Morgan fingerprint density at radius 1 is 1.03 bits per heavy atom. The number of carbonyl (C=O) groups is 1. The molecule has 0 saturated heterocycles. The Morgan fingerprint density at radius 3 is 2.21 bits per heavy atom. The van der Waals surface area contributed by atoms with E-state index in [0.717, 1.165) is 16.8 Å². The number of benzene rings is 2. The molecule has 0 aliphatic carbocycles. The largest absolute Gasteiger partial charge is 0.325 e. The quantitative estimate of drug-likeness (QED) is 0.651. The summed E-state index contributed by atoms with van der Waals surface area (Å²) in [6.07, 6.45) is 3.50. The van der Waals surface area contributed by atoms with Gasteiger partial charge in [0.15, 0.2) is 0 Å². The number of carbonyl (C=O) groups excluding carboxylic acids is 1. The molecule has 2 aromatic carbocycles. The molecule has 0 bridgehead atoms. The van der Waals surface area contributed by atoms with Crippen LogP contribution in [0.3, 0.4) is 0 Å². The Labute approximate surface area is 170 Å². The van der Waals surface area contributed by atoms with Crippen molar-refractivity contribution in [3.05, 3.63) is 71.0 Å². The van der Waals surface area contributed by atoms with Gasteiger partial charge in [-0.05, 0) is 80.3 Å². The summed E-state index contributed by atoms with van der Waals surface area (Å²) in [5.74, 6) is -0.444. The van der Waals surface area contributed by atoms with Gasteiger partial charge in [-0.1, -0.05) is 6.07 Å². The fraction of sp³-hybridized carbons (Fsp3) is 0.238. The molecule has 0 atom stereocenters. The van der Waals surface area contributed by atoms with Crippen LogP contribution in [0, 0.1) is 27.7 Å². The number of aryl methyl sites for hydroxylation is 2. The van der Waals surface area contributed by atoms with E-state index in [9.17, 15) is 13.2 Å². The van der Waals surface area contributed by atoms with E-state index in [4.69, 9.17) is 0 Å². The predicted molar refractivity (Wildman–Crippen MR) is 113 cm³/mol. The summed E-state index contributed by atoms with van der Waals surface area (Å²) in [5, 5.41) is 6.84. The van der Waals surface area contributed by atoms with Crippen LogP contribution in [-0.2, 0) is 14.8 Å². The molecule has 3 aromatic rings. The van der Waals surface area contributed by atoms with E-state index < -0.39 is 15.9 Å². The van der Waals surface area contributed by atoms with Gasteiger partial charge in [0.05, 0.1) is 17.1 Å². The Kier molecular flexibility index (Phi) is 5.86. The highest BCUT2D eigenvalue weighted by Gasteiger charge is 2.22. The minimum absolute atomic E-state index is 0.242. The van der Waals surface area contributed by atoms with Gasteiger partial charge in [0, 0.05) is 18.1 Å². The predicted octanol–water partition coefficient (Wildman–Crippen LogP) is 3.02. The molecule has 0 saturated carbocycles. The third-order valence-corrected chi connectivity index (χ3v) is 6.58. The highest BCUT2D eigenvalue weighted by atomic mass is 32.2. The van der Waals surface area contributed by atoms with E-state index >= 15 is 0 Å². The fourth-order valence-electron chi connectivity index (χ4n) is 3.14. The number of hydrogen-bond acceptors (Lipinski definition) is 4. The summed E-state index contributed by atoms with van der Waals surface area (Å²) >= 11 is 0. The number of anilines is 1. The minimum atomic E-state index is -3.81. The van der Waals surface area contributed by atoms with Gasteiger partial charge in [-0.2, -0.15) is 5.10 Å². The van der Waals surface area contributed by atoms with Crippen LogP contribution < -0.4 is 10.0 Å². The molecule has 0 fully saturated rings. The maximum absolute atomic E-state index is 12.8. The average Bonchev–Trinajstić information content (AvgIpc) is 3.20. The van der Waals surface area contributed by atoms with Crippen LogP contribution in [0.2, 0.25) is 0 Å². The van der Waals surface area contributed by atoms with Crippen LogP contribution in [0.1, 0.15) is 22.3 Å². The maximum Gasteiger partial charge on any atom is 0.241 e. The van der Waals surface area contributed by atoms with E-state index in [0.29, 0.717) is 16.8 Å². The first-order chi connectivity index (χ1) is 13.7. The van der Waals surface area contributed by atoms with Crippen LogP contribution in [0.25, 0.3) is 5.69 Å². The number of rotatable bonds is 6. The van der Waals surface area contributed by atoms with E-state index in [-0.39, 0.29) is 11.4 Å². The highest BCUT2D eigenvalue weighted by Crippen LogP contribution is 2.25. The molecular weight excluding hydrogens is 388 g/mol. The van der Waals surface area contributed by atoms with E-state index in [2.05, 4.69) is 15.1 Å². The van der Waals surface area contributed by atoms with Crippen molar-refractivity contribution in [2.24, 2.45) is 0 Å². The van der Waals surface area contributed by atoms with Gasteiger partial charge < -0.3 is 5.32 Å². The summed E-state index contributed by atoms with van der Waals surface area (Å²) in [6, 6.07) is 10.9. The first-order valence-electron chi connectivity index (χ1n) is 9.16. The fourth-order valence-corrected chi connectivity index (χ4v) is 4.73. The van der Waals surface area contributed by atoms with Gasteiger partial charge in [-0.3, -0.25) is 4.79 Å². The van der Waals surface area contributed by atoms with Gasteiger partial charge in [0.2, 0.25) is 15.9 Å². The first kappa shape index (κ1) is 20.8. The molecule has 152 valence electrons. The Bertz CT molecular complexity index is 1110. The second-order valence-corrected chi connectivity index (χ2v) is 8.66. The minimum Gasteiger partial charge on any atom is -0.325 e. The molecule has 7 nitrogen and oxygen atoms in total. The Morgan fingerprint density at radius 2 is 1.66 bits per heavy atom. The van der Waals surface area contributed by atoms with Crippen LogP contribution in [0.15, 0.2) is 53.7 Å². The van der Waals surface area contributed by atoms with Crippen molar-refractivity contribution in [2.45, 2.75) is 32.6 Å². The molecular formula is C21H24N4O3S. The molecule has 3 rings (SSSR count). The molecule has 0 aliphatic rings. The Balaban J connectivity index is 1.68. The second-order valence-electron chi connectivity index (χ2n) is 6.96. The van der Waals surface area contributed by atoms with Crippen LogP contribution in [-0.4, -0.2) is 30.7 Å². The normalized spacial score (nSPS) is 11.4. The van der Waals surface area contributed by atoms with E-state index in [1.807, 2.05) is 44.3 Å². The molecule has 1 aromatic heterocycles. The van der Waals surface area contributed by atoms with Crippen molar-refractivity contribution in [1.29, 1.82) is 0 Å². The van der Waals surface area contributed by atoms with Crippen LogP contribution in [0.5, 0.6) is 0 Å². The highest BCUT2D eigenvalue weighted by molar-refractivity contribution is 7.89. The molecule has 0 unspecified atom stereocenters. The maximum atomic E-state index is 12.8. The lowest BCUT2D eigenvalue weighted by atomic mass is 10.0. The number of amides is 1. The lowest BCUT2D eigenvalue weighted by molar-refractivity contribution is -0.115. The molecule has 1 heterocycles. The van der Waals surface area contributed by atoms with Crippen LogP contribution in [0.4, 0.5) is 5.69 Å². The summed E-state index contributed by atoms with van der Waals surface area (Å²) in [7, 11) is -3.81. The molecule has 8 heteroatoms. The monoisotopic (exact) mass is 412 g/mol. The number of aromatic nitrogens is 2. The second kappa shape index (κ2) is 8.18. The summed E-state index contributed by atoms with van der Waals surface area (Å²) in [4.78, 5) is 12.5. The molecule has 2 N–H and O–H groups in total. The third-order valence-electron chi connectivity index (χ3n) is 4.91. The molecule has 29 heavy (non-hydrogen) atoms. The molecule has 0 spiro atoms. The van der Waals surface area contributed by atoms with Gasteiger partial charge >= 0.3 is 0 Å². The van der Waals surface area contributed by atoms with Crippen molar-refractivity contribution in [3.8, 4) is 5.69 Å². The molecule has 0 radical (unpaired) electrons. The van der Waals surface area contributed by atoms with Gasteiger partial charge in [0.25, 0.3) is 0 Å². The van der Waals surface area contributed by atoms with Gasteiger partial charge in [-0.25, -0.2) is 17.8 Å². The zero-order chi connectivity index (χ0) is 21.2. The van der Waals surface area contributed by atoms with Crippen molar-refractivity contribution >= 4 is 21.6 Å². The summed E-state index contributed by atoms with van der Waals surface area (Å²) in [5.41, 5.74) is 4.61. The van der Waals surface area contributed by atoms with Crippen LogP contribution >= 0.6 is 0 Å². The van der Waals surface area contributed by atoms with Crippen molar-refractivity contribution in [3.63, 3.8) is 0 Å². The van der Waals surface area contributed by atoms with Gasteiger partial charge in [0.1, 0.15) is 0 Å². The number of hydrogen-bond donors (Lipinski definition) is 2. The lowest BCUT2D eigenvalue weighted by Gasteiger charge is -2.16. The van der Waals surface area contributed by atoms with E-state index in [1.165, 1.54) is 0 Å². The van der Waals surface area contributed by atoms with Gasteiger partial charge in [-0.15, -0.1) is 0 Å².